The number of nitrogens with one attached hydrogen (secondary N) is 2. The molecule has 0 spiro atoms. The molecule has 0 unspecified atom stereocenters. The Hall–Kier alpha value is -2.57. The summed E-state index contributed by atoms with van der Waals surface area (Å²) in [7, 11) is 0. The maximum atomic E-state index is 12.0. The number of hydrogen-bond donors (Lipinski definition) is 2. The Kier molecular flexibility index (Phi) is 9.33. The van der Waals surface area contributed by atoms with Crippen LogP contribution in [0, 0.1) is 0 Å². The highest BCUT2D eigenvalue weighted by Crippen LogP contribution is 2.13. The van der Waals surface area contributed by atoms with E-state index in [-0.39, 0.29) is 12.5 Å². The summed E-state index contributed by atoms with van der Waals surface area (Å²) in [4.78, 5) is 35.3. The Balaban J connectivity index is 2.37. The fraction of sp³-hybridized carbons (Fsp3) is 0.550. The van der Waals surface area contributed by atoms with E-state index < -0.39 is 17.7 Å². The molecule has 150 valence electrons. The summed E-state index contributed by atoms with van der Waals surface area (Å²) < 4.78 is 10.1. The van der Waals surface area contributed by atoms with Crippen molar-refractivity contribution in [1.82, 2.24) is 5.32 Å². The third-order valence-electron chi connectivity index (χ3n) is 3.45. The number of carbonyl (C=O) groups excluding carboxylic acids is 3. The van der Waals surface area contributed by atoms with Crippen molar-refractivity contribution in [2.24, 2.45) is 0 Å². The Morgan fingerprint density at radius 1 is 1.00 bits per heavy atom. The molecule has 1 aromatic rings. The molecule has 0 saturated heterocycles. The van der Waals surface area contributed by atoms with Gasteiger partial charge in [-0.25, -0.2) is 9.59 Å². The summed E-state index contributed by atoms with van der Waals surface area (Å²) >= 11 is 0. The van der Waals surface area contributed by atoms with Gasteiger partial charge in [0, 0.05) is 12.2 Å². The van der Waals surface area contributed by atoms with E-state index in [0.717, 1.165) is 25.7 Å². The zero-order chi connectivity index (χ0) is 20.3. The highest BCUT2D eigenvalue weighted by atomic mass is 16.6. The van der Waals surface area contributed by atoms with E-state index in [2.05, 4.69) is 17.6 Å². The molecule has 0 aliphatic rings. The summed E-state index contributed by atoms with van der Waals surface area (Å²) in [6, 6.07) is 6.15. The van der Waals surface area contributed by atoms with Crippen LogP contribution in [0.5, 0.6) is 0 Å². The molecule has 0 aliphatic heterocycles. The molecular weight excluding hydrogens is 348 g/mol. The quantitative estimate of drug-likeness (QED) is 0.502. The van der Waals surface area contributed by atoms with Crippen LogP contribution in [-0.2, 0) is 14.3 Å². The number of rotatable bonds is 9. The van der Waals surface area contributed by atoms with Gasteiger partial charge < -0.3 is 14.8 Å². The second kappa shape index (κ2) is 11.2. The number of amides is 2. The lowest BCUT2D eigenvalue weighted by molar-refractivity contribution is -0.124. The van der Waals surface area contributed by atoms with E-state index in [1.807, 2.05) is 0 Å². The lowest BCUT2D eigenvalue weighted by atomic mass is 10.2. The number of unbranched alkanes of at least 4 members (excludes halogenated alkanes) is 3. The van der Waals surface area contributed by atoms with Crippen LogP contribution in [0.25, 0.3) is 0 Å². The van der Waals surface area contributed by atoms with Gasteiger partial charge in [-0.2, -0.15) is 0 Å². The third-order valence-corrected chi connectivity index (χ3v) is 3.45. The summed E-state index contributed by atoms with van der Waals surface area (Å²) in [6.07, 6.45) is 3.69. The molecule has 7 nitrogen and oxygen atoms in total. The monoisotopic (exact) mass is 378 g/mol. The molecule has 1 rings (SSSR count). The lowest BCUT2D eigenvalue weighted by Gasteiger charge is -2.19. The van der Waals surface area contributed by atoms with Gasteiger partial charge in [-0.05, 0) is 51.5 Å². The summed E-state index contributed by atoms with van der Waals surface area (Å²) in [5.74, 6) is -0.914. The minimum absolute atomic E-state index is 0.292. The van der Waals surface area contributed by atoms with Crippen LogP contribution in [0.4, 0.5) is 10.5 Å². The smallest absolute Gasteiger partial charge is 0.412 e. The van der Waals surface area contributed by atoms with Crippen LogP contribution in [-0.4, -0.2) is 36.7 Å². The van der Waals surface area contributed by atoms with Crippen LogP contribution < -0.4 is 10.6 Å². The molecule has 7 heteroatoms. The van der Waals surface area contributed by atoms with Crippen molar-refractivity contribution in [1.29, 1.82) is 0 Å². The Morgan fingerprint density at radius 2 is 1.67 bits per heavy atom. The summed E-state index contributed by atoms with van der Waals surface area (Å²) in [5.41, 5.74) is 0.191. The molecule has 0 bridgehead atoms. The van der Waals surface area contributed by atoms with Gasteiger partial charge in [-0.15, -0.1) is 0 Å². The zero-order valence-electron chi connectivity index (χ0n) is 16.6. The molecular formula is C20H30N2O5. The first-order valence-corrected chi connectivity index (χ1v) is 9.25. The number of carbonyl (C=O) groups is 3. The molecule has 0 fully saturated rings. The van der Waals surface area contributed by atoms with Crippen molar-refractivity contribution >= 4 is 23.7 Å². The van der Waals surface area contributed by atoms with E-state index in [9.17, 15) is 14.4 Å². The Bertz CT molecular complexity index is 620. The average molecular weight is 378 g/mol. The Morgan fingerprint density at radius 3 is 2.26 bits per heavy atom. The van der Waals surface area contributed by atoms with Crippen LogP contribution in [0.15, 0.2) is 24.3 Å². The number of anilines is 1. The number of esters is 1. The first-order chi connectivity index (χ1) is 12.7. The summed E-state index contributed by atoms with van der Waals surface area (Å²) in [5, 5.41) is 5.30. The van der Waals surface area contributed by atoms with Crippen molar-refractivity contribution in [2.45, 2.75) is 59.0 Å². The standard InChI is InChI=1S/C20H30N2O5/c1-5-6-7-8-13-21-17(23)14-26-18(24)15-9-11-16(12-10-15)22-19(25)27-20(2,3)4/h9-12H,5-8,13-14H2,1-4H3,(H,21,23)(H,22,25). The molecule has 0 saturated carbocycles. The minimum Gasteiger partial charge on any atom is -0.452 e. The first kappa shape index (κ1) is 22.5. The van der Waals surface area contributed by atoms with Crippen molar-refractivity contribution in [3.8, 4) is 0 Å². The SMILES string of the molecule is CCCCCCNC(=O)COC(=O)c1ccc(NC(=O)OC(C)(C)C)cc1. The highest BCUT2D eigenvalue weighted by Gasteiger charge is 2.16. The van der Waals surface area contributed by atoms with Crippen molar-refractivity contribution in [2.75, 3.05) is 18.5 Å². The topological polar surface area (TPSA) is 93.7 Å². The average Bonchev–Trinajstić information content (AvgIpc) is 2.58. The van der Waals surface area contributed by atoms with Crippen molar-refractivity contribution in [3.05, 3.63) is 29.8 Å². The second-order valence-electron chi connectivity index (χ2n) is 7.19. The highest BCUT2D eigenvalue weighted by molar-refractivity contribution is 5.92. The number of ether oxygens (including phenoxy) is 2. The molecule has 2 N–H and O–H groups in total. The largest absolute Gasteiger partial charge is 0.452 e. The summed E-state index contributed by atoms with van der Waals surface area (Å²) in [6.45, 7) is 7.71. The van der Waals surface area contributed by atoms with Crippen LogP contribution in [0.1, 0.15) is 63.7 Å². The Labute approximate surface area is 160 Å². The normalized spacial score (nSPS) is 10.8. The van der Waals surface area contributed by atoms with Crippen LogP contribution in [0.3, 0.4) is 0 Å². The van der Waals surface area contributed by atoms with Crippen LogP contribution in [0.2, 0.25) is 0 Å². The molecule has 0 heterocycles. The van der Waals surface area contributed by atoms with Crippen molar-refractivity contribution in [3.63, 3.8) is 0 Å². The van der Waals surface area contributed by atoms with Crippen LogP contribution >= 0.6 is 0 Å². The van der Waals surface area contributed by atoms with Gasteiger partial charge in [0.2, 0.25) is 0 Å². The van der Waals surface area contributed by atoms with E-state index in [0.29, 0.717) is 17.8 Å². The predicted molar refractivity (Wildman–Crippen MR) is 104 cm³/mol. The second-order valence-corrected chi connectivity index (χ2v) is 7.19. The van der Waals surface area contributed by atoms with E-state index in [4.69, 9.17) is 9.47 Å². The molecule has 0 atom stereocenters. The van der Waals surface area contributed by atoms with Gasteiger partial charge in [0.1, 0.15) is 5.60 Å². The van der Waals surface area contributed by atoms with Gasteiger partial charge in [0.05, 0.1) is 5.56 Å². The maximum absolute atomic E-state index is 12.0. The number of benzene rings is 1. The molecule has 27 heavy (non-hydrogen) atoms. The molecule has 1 aromatic carbocycles. The molecule has 2 amide bonds. The van der Waals surface area contributed by atoms with Gasteiger partial charge in [-0.3, -0.25) is 10.1 Å². The minimum atomic E-state index is -0.597. The van der Waals surface area contributed by atoms with Gasteiger partial charge >= 0.3 is 12.1 Å². The molecule has 0 radical (unpaired) electrons. The van der Waals surface area contributed by atoms with Gasteiger partial charge in [0.15, 0.2) is 6.61 Å². The maximum Gasteiger partial charge on any atom is 0.412 e. The van der Waals surface area contributed by atoms with E-state index in [1.165, 1.54) is 12.1 Å². The molecule has 0 aliphatic carbocycles. The molecule has 0 aromatic heterocycles. The van der Waals surface area contributed by atoms with Gasteiger partial charge in [0.25, 0.3) is 5.91 Å². The first-order valence-electron chi connectivity index (χ1n) is 9.25. The predicted octanol–water partition coefficient (Wildman–Crippen LogP) is 3.89. The lowest BCUT2D eigenvalue weighted by Crippen LogP contribution is -2.29. The third kappa shape index (κ3) is 10.2. The van der Waals surface area contributed by atoms with E-state index >= 15 is 0 Å². The zero-order valence-corrected chi connectivity index (χ0v) is 16.6. The fourth-order valence-corrected chi connectivity index (χ4v) is 2.16. The van der Waals surface area contributed by atoms with E-state index in [1.54, 1.807) is 32.9 Å². The van der Waals surface area contributed by atoms with Gasteiger partial charge in [-0.1, -0.05) is 26.2 Å². The number of hydrogen-bond acceptors (Lipinski definition) is 5. The fourth-order valence-electron chi connectivity index (χ4n) is 2.16. The van der Waals surface area contributed by atoms with Crippen molar-refractivity contribution < 1.29 is 23.9 Å².